The minimum atomic E-state index is -1.17. The van der Waals surface area contributed by atoms with Crippen LogP contribution in [0.25, 0.3) is 0 Å². The molecule has 0 bridgehead atoms. The smallest absolute Gasteiger partial charge is 0.341 e. The second-order valence-corrected chi connectivity index (χ2v) is 7.76. The van der Waals surface area contributed by atoms with Gasteiger partial charge in [-0.15, -0.1) is 11.3 Å². The molecule has 0 spiro atoms. The van der Waals surface area contributed by atoms with Crippen LogP contribution < -0.4 is 5.32 Å². The number of halogens is 1. The molecule has 0 fully saturated rings. The number of carbonyl (C=O) groups is 3. The van der Waals surface area contributed by atoms with Crippen LogP contribution in [-0.4, -0.2) is 30.6 Å². The summed E-state index contributed by atoms with van der Waals surface area (Å²) >= 11 is 1.35. The highest BCUT2D eigenvalue weighted by molar-refractivity contribution is 7.17. The van der Waals surface area contributed by atoms with Gasteiger partial charge in [-0.05, 0) is 57.2 Å². The number of rotatable bonds is 6. The lowest BCUT2D eigenvalue weighted by molar-refractivity contribution is -0.123. The molecule has 1 atom stereocenters. The Morgan fingerprint density at radius 3 is 2.62 bits per heavy atom. The first-order valence-electron chi connectivity index (χ1n) is 9.50. The Morgan fingerprint density at radius 1 is 1.17 bits per heavy atom. The molecule has 0 aliphatic heterocycles. The lowest BCUT2D eigenvalue weighted by Crippen LogP contribution is -2.30. The predicted octanol–water partition coefficient (Wildman–Crippen LogP) is 4.13. The topological polar surface area (TPSA) is 81.7 Å². The summed E-state index contributed by atoms with van der Waals surface area (Å²) < 4.78 is 24.0. The summed E-state index contributed by atoms with van der Waals surface area (Å²) in [6, 6.07) is 5.39. The van der Waals surface area contributed by atoms with Crippen LogP contribution in [0, 0.1) is 5.82 Å². The summed E-state index contributed by atoms with van der Waals surface area (Å²) in [4.78, 5) is 38.2. The van der Waals surface area contributed by atoms with Crippen molar-refractivity contribution in [3.63, 3.8) is 0 Å². The van der Waals surface area contributed by atoms with E-state index < -0.39 is 29.8 Å². The third-order valence-corrected chi connectivity index (χ3v) is 5.84. The van der Waals surface area contributed by atoms with E-state index in [0.717, 1.165) is 42.2 Å². The van der Waals surface area contributed by atoms with Crippen molar-refractivity contribution in [2.24, 2.45) is 0 Å². The highest BCUT2D eigenvalue weighted by Crippen LogP contribution is 2.38. The lowest BCUT2D eigenvalue weighted by atomic mass is 9.95. The molecule has 3 rings (SSSR count). The Balaban J connectivity index is 1.76. The number of amides is 1. The molecule has 1 heterocycles. The van der Waals surface area contributed by atoms with Gasteiger partial charge in [-0.2, -0.15) is 0 Å². The fraction of sp³-hybridized carbons (Fsp3) is 0.381. The molecule has 8 heteroatoms. The standard InChI is InChI=1S/C21H22FNO5S/c1-3-27-21(26)17-14-9-5-7-11-16(14)29-19(17)23-18(24)12(2)28-20(25)13-8-4-6-10-15(13)22/h4,6,8,10,12H,3,5,7,9,11H2,1-2H3,(H,23,24). The van der Waals surface area contributed by atoms with Crippen molar-refractivity contribution in [3.8, 4) is 0 Å². The maximum absolute atomic E-state index is 13.7. The maximum Gasteiger partial charge on any atom is 0.341 e. The number of esters is 2. The fourth-order valence-corrected chi connectivity index (χ4v) is 4.47. The van der Waals surface area contributed by atoms with E-state index in [1.54, 1.807) is 6.92 Å². The number of ether oxygens (including phenoxy) is 2. The molecule has 2 aromatic rings. The van der Waals surface area contributed by atoms with Gasteiger partial charge in [-0.1, -0.05) is 12.1 Å². The van der Waals surface area contributed by atoms with Gasteiger partial charge in [0.05, 0.1) is 17.7 Å². The Kier molecular flexibility index (Phi) is 6.64. The van der Waals surface area contributed by atoms with Gasteiger partial charge in [0, 0.05) is 4.88 Å². The van der Waals surface area contributed by atoms with E-state index in [0.29, 0.717) is 10.6 Å². The van der Waals surface area contributed by atoms with E-state index in [9.17, 15) is 18.8 Å². The van der Waals surface area contributed by atoms with Gasteiger partial charge in [0.1, 0.15) is 10.8 Å². The lowest BCUT2D eigenvalue weighted by Gasteiger charge is -2.14. The monoisotopic (exact) mass is 419 g/mol. The van der Waals surface area contributed by atoms with Gasteiger partial charge >= 0.3 is 11.9 Å². The minimum Gasteiger partial charge on any atom is -0.462 e. The molecule has 6 nitrogen and oxygen atoms in total. The molecule has 0 saturated carbocycles. The van der Waals surface area contributed by atoms with Crippen LogP contribution in [0.15, 0.2) is 24.3 Å². The average molecular weight is 419 g/mol. The van der Waals surface area contributed by atoms with Crippen LogP contribution in [0.2, 0.25) is 0 Å². The maximum atomic E-state index is 13.7. The number of aryl methyl sites for hydroxylation is 1. The van der Waals surface area contributed by atoms with Crippen LogP contribution in [0.3, 0.4) is 0 Å². The van der Waals surface area contributed by atoms with Crippen LogP contribution in [0.4, 0.5) is 9.39 Å². The predicted molar refractivity (Wildman–Crippen MR) is 107 cm³/mol. The first-order valence-corrected chi connectivity index (χ1v) is 10.3. The summed E-state index contributed by atoms with van der Waals surface area (Å²) in [6.45, 7) is 3.35. The van der Waals surface area contributed by atoms with Crippen molar-refractivity contribution in [3.05, 3.63) is 51.7 Å². The number of carbonyl (C=O) groups excluding carboxylic acids is 3. The van der Waals surface area contributed by atoms with Crippen molar-refractivity contribution >= 4 is 34.2 Å². The van der Waals surface area contributed by atoms with Crippen molar-refractivity contribution in [2.45, 2.75) is 45.6 Å². The number of anilines is 1. The zero-order chi connectivity index (χ0) is 21.0. The van der Waals surface area contributed by atoms with Gasteiger partial charge in [0.15, 0.2) is 6.10 Å². The van der Waals surface area contributed by atoms with Gasteiger partial charge in [0.25, 0.3) is 5.91 Å². The average Bonchev–Trinajstić information content (AvgIpc) is 3.06. The largest absolute Gasteiger partial charge is 0.462 e. The Labute approximate surface area is 172 Å². The summed E-state index contributed by atoms with van der Waals surface area (Å²) in [5.74, 6) is -2.72. The van der Waals surface area contributed by atoms with Crippen molar-refractivity contribution in [2.75, 3.05) is 11.9 Å². The zero-order valence-corrected chi connectivity index (χ0v) is 17.1. The second kappa shape index (κ2) is 9.17. The number of hydrogen-bond acceptors (Lipinski definition) is 6. The molecule has 29 heavy (non-hydrogen) atoms. The molecule has 154 valence electrons. The quantitative estimate of drug-likeness (QED) is 0.712. The Hall–Kier alpha value is -2.74. The molecule has 0 saturated heterocycles. The van der Waals surface area contributed by atoms with E-state index in [1.807, 2.05) is 0 Å². The number of hydrogen-bond donors (Lipinski definition) is 1. The van der Waals surface area contributed by atoms with Crippen LogP contribution >= 0.6 is 11.3 Å². The molecule has 1 aromatic heterocycles. The first-order chi connectivity index (χ1) is 13.9. The van der Waals surface area contributed by atoms with Crippen LogP contribution in [0.1, 0.15) is 57.8 Å². The third-order valence-electron chi connectivity index (χ3n) is 4.63. The summed E-state index contributed by atoms with van der Waals surface area (Å²) in [7, 11) is 0. The summed E-state index contributed by atoms with van der Waals surface area (Å²) in [5, 5.41) is 3.08. The second-order valence-electron chi connectivity index (χ2n) is 6.65. The number of benzene rings is 1. The van der Waals surface area contributed by atoms with Gasteiger partial charge in [-0.25, -0.2) is 14.0 Å². The molecule has 1 aromatic carbocycles. The molecular weight excluding hydrogens is 397 g/mol. The molecule has 1 unspecified atom stereocenters. The highest BCUT2D eigenvalue weighted by atomic mass is 32.1. The molecule has 1 amide bonds. The number of fused-ring (bicyclic) bond motifs is 1. The summed E-state index contributed by atoms with van der Waals surface area (Å²) in [5.41, 5.74) is 1.06. The Morgan fingerprint density at radius 2 is 1.90 bits per heavy atom. The van der Waals surface area contributed by atoms with Crippen molar-refractivity contribution in [1.82, 2.24) is 0 Å². The Bertz CT molecular complexity index is 939. The van der Waals surface area contributed by atoms with Gasteiger partial charge < -0.3 is 14.8 Å². The summed E-state index contributed by atoms with van der Waals surface area (Å²) in [6.07, 6.45) is 2.43. The highest BCUT2D eigenvalue weighted by Gasteiger charge is 2.29. The normalized spacial score (nSPS) is 13.9. The number of thiophene rings is 1. The number of nitrogens with one attached hydrogen (secondary N) is 1. The molecule has 1 N–H and O–H groups in total. The first kappa shape index (κ1) is 21.0. The molecular formula is C21H22FNO5S. The van der Waals surface area contributed by atoms with E-state index in [4.69, 9.17) is 9.47 Å². The van der Waals surface area contributed by atoms with Crippen LogP contribution in [-0.2, 0) is 27.1 Å². The van der Waals surface area contributed by atoms with E-state index in [1.165, 1.54) is 36.5 Å². The van der Waals surface area contributed by atoms with Crippen molar-refractivity contribution < 1.29 is 28.2 Å². The fourth-order valence-electron chi connectivity index (χ4n) is 3.19. The SMILES string of the molecule is CCOC(=O)c1c(NC(=O)C(C)OC(=O)c2ccccc2F)sc2c1CCCC2. The van der Waals surface area contributed by atoms with Gasteiger partial charge in [0.2, 0.25) is 0 Å². The zero-order valence-electron chi connectivity index (χ0n) is 16.2. The third kappa shape index (κ3) is 4.64. The van der Waals surface area contributed by atoms with E-state index in [-0.39, 0.29) is 12.2 Å². The van der Waals surface area contributed by atoms with E-state index in [2.05, 4.69) is 5.32 Å². The molecule has 0 radical (unpaired) electrons. The van der Waals surface area contributed by atoms with Gasteiger partial charge in [-0.3, -0.25) is 4.79 Å². The minimum absolute atomic E-state index is 0.230. The van der Waals surface area contributed by atoms with E-state index >= 15 is 0 Å². The molecule has 1 aliphatic rings. The molecule has 1 aliphatic carbocycles. The van der Waals surface area contributed by atoms with Crippen LogP contribution in [0.5, 0.6) is 0 Å². The van der Waals surface area contributed by atoms with Crippen molar-refractivity contribution in [1.29, 1.82) is 0 Å².